The van der Waals surface area contributed by atoms with Crippen molar-refractivity contribution in [3.63, 3.8) is 0 Å². The van der Waals surface area contributed by atoms with Crippen LogP contribution in [0.1, 0.15) is 13.8 Å². The topological polar surface area (TPSA) is 19.9 Å². The summed E-state index contributed by atoms with van der Waals surface area (Å²) >= 11 is 0. The van der Waals surface area contributed by atoms with Crippen LogP contribution >= 0.6 is 0 Å². The number of hydrogen-bond donors (Lipinski definition) is 0. The van der Waals surface area contributed by atoms with E-state index in [2.05, 4.69) is 0 Å². The Balaban J connectivity index is 3.14. The van der Waals surface area contributed by atoms with E-state index >= 15 is 0 Å². The van der Waals surface area contributed by atoms with Crippen molar-refractivity contribution < 1.29 is 5.11 Å². The van der Waals surface area contributed by atoms with E-state index in [0.29, 0.717) is 0 Å². The van der Waals surface area contributed by atoms with E-state index in [0.717, 1.165) is 11.8 Å². The molecule has 0 aliphatic carbocycles. The Labute approximate surface area is 31.9 Å². The van der Waals surface area contributed by atoms with Crippen molar-refractivity contribution in [2.45, 2.75) is 13.8 Å². The van der Waals surface area contributed by atoms with Gasteiger partial charge in [-0.1, -0.05) is 0 Å². The van der Waals surface area contributed by atoms with Gasteiger partial charge in [-0.25, -0.2) is 0 Å². The molecule has 0 saturated heterocycles. The predicted octanol–water partition coefficient (Wildman–Crippen LogP) is 1.34. The molecule has 0 aliphatic rings. The summed E-state index contributed by atoms with van der Waals surface area (Å²) in [6.07, 6.45) is 0.833. The first-order valence-corrected chi connectivity index (χ1v) is 1.52. The minimum absolute atomic E-state index is 0.824. The minimum Gasteiger partial charge on any atom is -0.299 e. The lowest BCUT2D eigenvalue weighted by molar-refractivity contribution is 0.347. The maximum absolute atomic E-state index is 9.47. The average Bonchev–Trinajstić information content (AvgIpc) is 1.38. The third kappa shape index (κ3) is 3.54. The Hall–Kier alpha value is -0.460. The minimum atomic E-state index is 0.824. The third-order valence-electron chi connectivity index (χ3n) is 0.236. The van der Waals surface area contributed by atoms with Gasteiger partial charge in [-0.3, -0.25) is 5.11 Å². The van der Waals surface area contributed by atoms with Gasteiger partial charge in [0.2, 0.25) is 0 Å². The summed E-state index contributed by atoms with van der Waals surface area (Å²) in [4.78, 5) is 0. The van der Waals surface area contributed by atoms with Gasteiger partial charge < -0.3 is 0 Å². The molecule has 0 spiro atoms. The van der Waals surface area contributed by atoms with Crippen molar-refractivity contribution in [3.8, 4) is 0 Å². The van der Waals surface area contributed by atoms with Crippen LogP contribution in [0, 0.1) is 0 Å². The van der Waals surface area contributed by atoms with Crippen molar-refractivity contribution in [2.75, 3.05) is 0 Å². The maximum atomic E-state index is 9.47. The van der Waals surface area contributed by atoms with Crippen molar-refractivity contribution in [2.24, 2.45) is 0 Å². The number of hydrogen-bond acceptors (Lipinski definition) is 0. The van der Waals surface area contributed by atoms with Gasteiger partial charge in [0, 0.05) is 0 Å². The summed E-state index contributed by atoms with van der Waals surface area (Å²) in [6, 6.07) is 0. The normalized spacial score (nSPS) is 6.80. The quantitative estimate of drug-likeness (QED) is 0.384. The van der Waals surface area contributed by atoms with Gasteiger partial charge in [-0.05, 0) is 19.4 Å². The Morgan fingerprint density at radius 2 is 1.80 bits per heavy atom. The summed E-state index contributed by atoms with van der Waals surface area (Å²) < 4.78 is 0. The van der Waals surface area contributed by atoms with E-state index in [4.69, 9.17) is 0 Å². The molecule has 5 heavy (non-hydrogen) atoms. The molecule has 0 aliphatic heterocycles. The monoisotopic (exact) mass is 71.0 g/mol. The first kappa shape index (κ1) is 4.54. The van der Waals surface area contributed by atoms with Crippen LogP contribution in [0.5, 0.6) is 0 Å². The van der Waals surface area contributed by atoms with Crippen LogP contribution in [-0.2, 0) is 5.11 Å². The lowest BCUT2D eigenvalue weighted by Crippen LogP contribution is -1.54. The fraction of sp³-hybridized carbons (Fsp3) is 0.500. The second-order valence-electron chi connectivity index (χ2n) is 1.20. The predicted molar refractivity (Wildman–Crippen MR) is 20.1 cm³/mol. The molecule has 0 bridgehead atoms. The molecule has 1 radical (unpaired) electrons. The molecule has 0 heterocycles. The molecular formula is C4H7O. The highest BCUT2D eigenvalue weighted by atomic mass is 16.2. The highest BCUT2D eigenvalue weighted by Crippen LogP contribution is 1.81. The van der Waals surface area contributed by atoms with E-state index in [-0.39, 0.29) is 0 Å². The zero-order valence-corrected chi connectivity index (χ0v) is 3.49. The molecule has 0 aromatic rings. The zero-order chi connectivity index (χ0) is 4.28. The Morgan fingerprint density at radius 3 is 1.80 bits per heavy atom. The molecule has 0 amide bonds. The number of rotatable bonds is 0. The van der Waals surface area contributed by atoms with Gasteiger partial charge in [0.1, 0.15) is 6.26 Å². The molecule has 1 nitrogen and oxygen atoms in total. The smallest absolute Gasteiger partial charge is 0.141 e. The highest BCUT2D eigenvalue weighted by molar-refractivity contribution is 4.84. The third-order valence-corrected chi connectivity index (χ3v) is 0.236. The van der Waals surface area contributed by atoms with Crippen molar-refractivity contribution in [1.29, 1.82) is 0 Å². The standard InChI is InChI=1S/C4H7O/c1-4(2)3-5/h3H,1-2H3. The van der Waals surface area contributed by atoms with Crippen LogP contribution in [0.3, 0.4) is 0 Å². The summed E-state index contributed by atoms with van der Waals surface area (Å²) in [7, 11) is 0. The van der Waals surface area contributed by atoms with Crippen molar-refractivity contribution in [3.05, 3.63) is 11.8 Å². The van der Waals surface area contributed by atoms with E-state index < -0.39 is 0 Å². The van der Waals surface area contributed by atoms with Gasteiger partial charge in [-0.2, -0.15) is 0 Å². The second-order valence-corrected chi connectivity index (χ2v) is 1.20. The molecule has 0 rings (SSSR count). The molecule has 1 heteroatoms. The Morgan fingerprint density at radius 1 is 1.60 bits per heavy atom. The first-order chi connectivity index (χ1) is 2.27. The largest absolute Gasteiger partial charge is 0.299 e. The van der Waals surface area contributed by atoms with E-state index in [9.17, 15) is 5.11 Å². The fourth-order valence-corrected chi connectivity index (χ4v) is 0. The average molecular weight is 71.1 g/mol. The summed E-state index contributed by atoms with van der Waals surface area (Å²) in [5, 5.41) is 9.47. The van der Waals surface area contributed by atoms with Crippen LogP contribution in [0.2, 0.25) is 0 Å². The second kappa shape index (κ2) is 1.82. The first-order valence-electron chi connectivity index (χ1n) is 1.52. The molecule has 0 unspecified atom stereocenters. The Bertz CT molecular complexity index is 41.6. The SMILES string of the molecule is CC(C)=C[O]. The fourth-order valence-electron chi connectivity index (χ4n) is 0. The molecule has 0 N–H and O–H groups in total. The highest BCUT2D eigenvalue weighted by Gasteiger charge is 1.65. The van der Waals surface area contributed by atoms with Crippen LogP contribution < -0.4 is 0 Å². The maximum Gasteiger partial charge on any atom is 0.141 e. The van der Waals surface area contributed by atoms with Crippen LogP contribution in [0.15, 0.2) is 11.8 Å². The molecule has 0 saturated carbocycles. The van der Waals surface area contributed by atoms with Gasteiger partial charge in [-0.15, -0.1) is 0 Å². The summed E-state index contributed by atoms with van der Waals surface area (Å²) in [6.45, 7) is 3.54. The van der Waals surface area contributed by atoms with Gasteiger partial charge in [0.15, 0.2) is 0 Å². The van der Waals surface area contributed by atoms with Gasteiger partial charge >= 0.3 is 0 Å². The van der Waals surface area contributed by atoms with E-state index in [1.807, 2.05) is 0 Å². The summed E-state index contributed by atoms with van der Waals surface area (Å²) in [5.74, 6) is 0. The van der Waals surface area contributed by atoms with Gasteiger partial charge in [0.05, 0.1) is 0 Å². The molecule has 0 aromatic heterocycles. The molecule has 29 valence electrons. The van der Waals surface area contributed by atoms with Crippen molar-refractivity contribution in [1.82, 2.24) is 0 Å². The van der Waals surface area contributed by atoms with Gasteiger partial charge in [0.25, 0.3) is 0 Å². The van der Waals surface area contributed by atoms with Crippen molar-refractivity contribution >= 4 is 0 Å². The summed E-state index contributed by atoms with van der Waals surface area (Å²) in [5.41, 5.74) is 0.824. The lowest BCUT2D eigenvalue weighted by atomic mass is 10.4. The molecule has 0 aromatic carbocycles. The number of allylic oxidation sites excluding steroid dienone is 1. The van der Waals surface area contributed by atoms with Crippen LogP contribution in [-0.4, -0.2) is 0 Å². The van der Waals surface area contributed by atoms with Crippen LogP contribution in [0.25, 0.3) is 0 Å². The van der Waals surface area contributed by atoms with Crippen LogP contribution in [0.4, 0.5) is 0 Å². The Kier molecular flexibility index (Phi) is 1.65. The lowest BCUT2D eigenvalue weighted by Gasteiger charge is -1.69. The van der Waals surface area contributed by atoms with E-state index in [1.54, 1.807) is 13.8 Å². The molecule has 0 fully saturated rings. The zero-order valence-electron chi connectivity index (χ0n) is 3.49. The van der Waals surface area contributed by atoms with E-state index in [1.165, 1.54) is 0 Å². The molecule has 0 atom stereocenters. The molecular weight excluding hydrogens is 64.0 g/mol.